The van der Waals surface area contributed by atoms with Crippen molar-refractivity contribution in [2.45, 2.75) is 6.42 Å². The maximum absolute atomic E-state index is 11.5. The quantitative estimate of drug-likeness (QED) is 0.467. The van der Waals surface area contributed by atoms with Gasteiger partial charge in [-0.3, -0.25) is 0 Å². The highest BCUT2D eigenvalue weighted by Gasteiger charge is 2.06. The molecule has 3 heteroatoms. The standard InChI is InChI=1S/C15H12N2O/c1-2-3-12-4-6-13(7-5-12)14-8-9-15(10-16)17(18)11-14/h2,4-9,11H,1,3H2. The van der Waals surface area contributed by atoms with Crippen molar-refractivity contribution >= 4 is 0 Å². The fourth-order valence-electron chi connectivity index (χ4n) is 1.74. The number of nitrogens with zero attached hydrogens (tertiary/aromatic N) is 2. The highest BCUT2D eigenvalue weighted by molar-refractivity contribution is 5.62. The van der Waals surface area contributed by atoms with Crippen LogP contribution >= 0.6 is 0 Å². The number of rotatable bonds is 3. The van der Waals surface area contributed by atoms with E-state index >= 15 is 0 Å². The SMILES string of the molecule is C=CCc1ccc(-c2ccc(C#N)[n+]([O-])c2)cc1. The summed E-state index contributed by atoms with van der Waals surface area (Å²) in [6.07, 6.45) is 4.10. The van der Waals surface area contributed by atoms with E-state index in [1.54, 1.807) is 6.07 Å². The molecule has 0 aliphatic rings. The molecule has 0 unspecified atom stereocenters. The number of nitriles is 1. The Morgan fingerprint density at radius 2 is 1.83 bits per heavy atom. The van der Waals surface area contributed by atoms with E-state index in [-0.39, 0.29) is 5.69 Å². The van der Waals surface area contributed by atoms with Gasteiger partial charge >= 0.3 is 0 Å². The molecular formula is C15H12N2O. The van der Waals surface area contributed by atoms with E-state index in [0.29, 0.717) is 4.73 Å². The summed E-state index contributed by atoms with van der Waals surface area (Å²) in [5.41, 5.74) is 3.03. The third-order valence-corrected chi connectivity index (χ3v) is 2.70. The average Bonchev–Trinajstić information content (AvgIpc) is 2.40. The highest BCUT2D eigenvalue weighted by Crippen LogP contribution is 2.18. The number of allylic oxidation sites excluding steroid dienone is 1. The van der Waals surface area contributed by atoms with Gasteiger partial charge in [-0.1, -0.05) is 30.3 Å². The fourth-order valence-corrected chi connectivity index (χ4v) is 1.74. The van der Waals surface area contributed by atoms with Crippen molar-refractivity contribution in [3.63, 3.8) is 0 Å². The number of benzene rings is 1. The first-order valence-electron chi connectivity index (χ1n) is 5.58. The maximum atomic E-state index is 11.5. The molecule has 0 saturated heterocycles. The van der Waals surface area contributed by atoms with Crippen LogP contribution in [0.25, 0.3) is 11.1 Å². The second-order valence-electron chi connectivity index (χ2n) is 3.93. The van der Waals surface area contributed by atoms with Crippen LogP contribution in [-0.2, 0) is 6.42 Å². The summed E-state index contributed by atoms with van der Waals surface area (Å²) >= 11 is 0. The molecule has 0 bridgehead atoms. The number of pyridine rings is 1. The second-order valence-corrected chi connectivity index (χ2v) is 3.93. The fraction of sp³-hybridized carbons (Fsp3) is 0.0667. The smallest absolute Gasteiger partial charge is 0.294 e. The Bertz CT molecular complexity index is 609. The van der Waals surface area contributed by atoms with Gasteiger partial charge in [0.05, 0.1) is 0 Å². The lowest BCUT2D eigenvalue weighted by atomic mass is 10.0. The van der Waals surface area contributed by atoms with E-state index in [0.717, 1.165) is 17.5 Å². The first-order valence-corrected chi connectivity index (χ1v) is 5.58. The number of hydrogen-bond acceptors (Lipinski definition) is 2. The van der Waals surface area contributed by atoms with Crippen LogP contribution in [-0.4, -0.2) is 0 Å². The van der Waals surface area contributed by atoms with E-state index in [9.17, 15) is 5.21 Å². The predicted octanol–water partition coefficient (Wildman–Crippen LogP) is 2.59. The van der Waals surface area contributed by atoms with E-state index in [2.05, 4.69) is 6.58 Å². The van der Waals surface area contributed by atoms with Crippen molar-refractivity contribution in [3.05, 3.63) is 71.7 Å². The van der Waals surface area contributed by atoms with Crippen molar-refractivity contribution in [1.29, 1.82) is 5.26 Å². The van der Waals surface area contributed by atoms with Crippen LogP contribution in [0, 0.1) is 16.5 Å². The van der Waals surface area contributed by atoms with E-state index in [4.69, 9.17) is 5.26 Å². The summed E-state index contributed by atoms with van der Waals surface area (Å²) in [4.78, 5) is 0. The molecule has 2 rings (SSSR count). The van der Waals surface area contributed by atoms with Crippen LogP contribution in [0.4, 0.5) is 0 Å². The van der Waals surface area contributed by atoms with Crippen molar-refractivity contribution in [2.75, 3.05) is 0 Å². The minimum Gasteiger partial charge on any atom is -0.618 e. The van der Waals surface area contributed by atoms with Gasteiger partial charge in [-0.25, -0.2) is 0 Å². The zero-order valence-corrected chi connectivity index (χ0v) is 9.84. The lowest BCUT2D eigenvalue weighted by Gasteiger charge is -2.04. The van der Waals surface area contributed by atoms with Gasteiger partial charge in [0, 0.05) is 11.6 Å². The lowest BCUT2D eigenvalue weighted by Crippen LogP contribution is -2.29. The Labute approximate surface area is 106 Å². The molecule has 0 amide bonds. The molecule has 1 aromatic carbocycles. The largest absolute Gasteiger partial charge is 0.618 e. The molecule has 1 aromatic heterocycles. The Morgan fingerprint density at radius 1 is 1.17 bits per heavy atom. The topological polar surface area (TPSA) is 50.7 Å². The van der Waals surface area contributed by atoms with Crippen LogP contribution < -0.4 is 4.73 Å². The average molecular weight is 236 g/mol. The minimum atomic E-state index is 0.0991. The molecule has 0 aliphatic carbocycles. The third-order valence-electron chi connectivity index (χ3n) is 2.70. The monoisotopic (exact) mass is 236 g/mol. The maximum Gasteiger partial charge on any atom is 0.294 e. The molecule has 0 N–H and O–H groups in total. The molecule has 3 nitrogen and oxygen atoms in total. The molecule has 1 heterocycles. The van der Waals surface area contributed by atoms with Gasteiger partial charge in [0.1, 0.15) is 0 Å². The van der Waals surface area contributed by atoms with Gasteiger partial charge in [-0.2, -0.15) is 9.99 Å². The molecule has 0 fully saturated rings. The van der Waals surface area contributed by atoms with Gasteiger partial charge in [-0.15, -0.1) is 6.58 Å². The van der Waals surface area contributed by atoms with Crippen LogP contribution in [0.5, 0.6) is 0 Å². The minimum absolute atomic E-state index is 0.0991. The van der Waals surface area contributed by atoms with Crippen molar-refractivity contribution in [1.82, 2.24) is 0 Å². The van der Waals surface area contributed by atoms with E-state index < -0.39 is 0 Å². The zero-order chi connectivity index (χ0) is 13.0. The van der Waals surface area contributed by atoms with Crippen LogP contribution in [0.2, 0.25) is 0 Å². The predicted molar refractivity (Wildman–Crippen MR) is 69.5 cm³/mol. The van der Waals surface area contributed by atoms with Crippen LogP contribution in [0.15, 0.2) is 55.3 Å². The molecule has 2 aromatic rings. The first kappa shape index (κ1) is 11.9. The summed E-state index contributed by atoms with van der Waals surface area (Å²) in [5.74, 6) is 0. The second kappa shape index (κ2) is 5.15. The van der Waals surface area contributed by atoms with Gasteiger partial charge in [0.15, 0.2) is 12.3 Å². The molecule has 18 heavy (non-hydrogen) atoms. The van der Waals surface area contributed by atoms with E-state index in [1.165, 1.54) is 17.8 Å². The summed E-state index contributed by atoms with van der Waals surface area (Å²) < 4.78 is 0.590. The Kier molecular flexibility index (Phi) is 3.40. The van der Waals surface area contributed by atoms with Gasteiger partial charge in [0.25, 0.3) is 5.69 Å². The molecule has 0 saturated carbocycles. The summed E-state index contributed by atoms with van der Waals surface area (Å²) in [6.45, 7) is 3.69. The van der Waals surface area contributed by atoms with Crippen molar-refractivity contribution in [3.8, 4) is 17.2 Å². The summed E-state index contributed by atoms with van der Waals surface area (Å²) in [6, 6.07) is 13.1. The Balaban J connectivity index is 2.34. The lowest BCUT2D eigenvalue weighted by molar-refractivity contribution is -0.607. The van der Waals surface area contributed by atoms with Crippen LogP contribution in [0.1, 0.15) is 11.3 Å². The zero-order valence-electron chi connectivity index (χ0n) is 9.84. The molecule has 0 radical (unpaired) electrons. The number of hydrogen-bond donors (Lipinski definition) is 0. The summed E-state index contributed by atoms with van der Waals surface area (Å²) in [7, 11) is 0. The molecule has 0 aliphatic heterocycles. The molecule has 88 valence electrons. The third kappa shape index (κ3) is 2.38. The number of aromatic nitrogens is 1. The molecule has 0 atom stereocenters. The van der Waals surface area contributed by atoms with Crippen LogP contribution in [0.3, 0.4) is 0 Å². The van der Waals surface area contributed by atoms with Crippen molar-refractivity contribution < 1.29 is 4.73 Å². The van der Waals surface area contributed by atoms with Crippen molar-refractivity contribution in [2.24, 2.45) is 0 Å². The molecule has 0 spiro atoms. The Morgan fingerprint density at radius 3 is 2.39 bits per heavy atom. The van der Waals surface area contributed by atoms with E-state index in [1.807, 2.05) is 36.4 Å². The van der Waals surface area contributed by atoms with Gasteiger partial charge in [0.2, 0.25) is 0 Å². The highest BCUT2D eigenvalue weighted by atomic mass is 16.5. The normalized spacial score (nSPS) is 9.72. The Hall–Kier alpha value is -2.60. The summed E-state index contributed by atoms with van der Waals surface area (Å²) in [5, 5.41) is 20.2. The van der Waals surface area contributed by atoms with Gasteiger partial charge < -0.3 is 5.21 Å². The molecular weight excluding hydrogens is 224 g/mol. The first-order chi connectivity index (χ1) is 8.74. The van der Waals surface area contributed by atoms with Gasteiger partial charge in [-0.05, 0) is 23.6 Å².